The van der Waals surface area contributed by atoms with Gasteiger partial charge < -0.3 is 11.1 Å². The first-order valence-electron chi connectivity index (χ1n) is 6.71. The summed E-state index contributed by atoms with van der Waals surface area (Å²) in [5, 5.41) is 2.92. The van der Waals surface area contributed by atoms with Crippen molar-refractivity contribution in [3.8, 4) is 0 Å². The highest BCUT2D eigenvalue weighted by Crippen LogP contribution is 2.49. The van der Waals surface area contributed by atoms with Crippen molar-refractivity contribution in [3.63, 3.8) is 0 Å². The molecule has 3 rings (SSSR count). The highest BCUT2D eigenvalue weighted by atomic mass is 16.2. The summed E-state index contributed by atoms with van der Waals surface area (Å²) in [5.41, 5.74) is 7.92. The topological polar surface area (TPSA) is 68.0 Å². The van der Waals surface area contributed by atoms with Gasteiger partial charge in [-0.25, -0.2) is 4.98 Å². The monoisotopic (exact) mass is 267 g/mol. The Morgan fingerprint density at radius 1 is 1.20 bits per heavy atom. The third-order valence-electron chi connectivity index (χ3n) is 3.78. The van der Waals surface area contributed by atoms with Crippen LogP contribution in [0.4, 0.5) is 11.5 Å². The number of benzene rings is 1. The Kier molecular flexibility index (Phi) is 2.93. The molecule has 1 saturated carbocycles. The van der Waals surface area contributed by atoms with E-state index in [1.54, 1.807) is 0 Å². The molecule has 0 aliphatic heterocycles. The molecule has 20 heavy (non-hydrogen) atoms. The van der Waals surface area contributed by atoms with Gasteiger partial charge in [-0.05, 0) is 49.6 Å². The normalized spacial score (nSPS) is 15.7. The van der Waals surface area contributed by atoms with E-state index in [0.717, 1.165) is 24.1 Å². The van der Waals surface area contributed by atoms with Crippen molar-refractivity contribution in [1.29, 1.82) is 0 Å². The first kappa shape index (κ1) is 12.7. The van der Waals surface area contributed by atoms with Gasteiger partial charge in [-0.1, -0.05) is 18.2 Å². The number of nitrogens with zero attached hydrogens (tertiary/aromatic N) is 1. The van der Waals surface area contributed by atoms with Crippen molar-refractivity contribution >= 4 is 17.4 Å². The minimum Gasteiger partial charge on any atom is -0.399 e. The van der Waals surface area contributed by atoms with Crippen LogP contribution in [-0.4, -0.2) is 10.9 Å². The minimum atomic E-state index is -0.404. The maximum absolute atomic E-state index is 12.5. The molecule has 1 aromatic heterocycles. The average Bonchev–Trinajstić information content (AvgIpc) is 3.21. The number of rotatable bonds is 3. The third kappa shape index (κ3) is 2.25. The van der Waals surface area contributed by atoms with Crippen LogP contribution in [0.1, 0.15) is 24.1 Å². The zero-order valence-electron chi connectivity index (χ0n) is 11.4. The molecule has 1 heterocycles. The Hall–Kier alpha value is -2.36. The number of anilines is 2. The van der Waals surface area contributed by atoms with Crippen molar-refractivity contribution in [1.82, 2.24) is 4.98 Å². The van der Waals surface area contributed by atoms with Crippen molar-refractivity contribution in [3.05, 3.63) is 53.7 Å². The van der Waals surface area contributed by atoms with E-state index in [2.05, 4.69) is 10.3 Å². The lowest BCUT2D eigenvalue weighted by molar-refractivity contribution is -0.118. The van der Waals surface area contributed by atoms with E-state index in [4.69, 9.17) is 5.73 Å². The maximum atomic E-state index is 12.5. The molecule has 1 aliphatic carbocycles. The molecule has 2 aromatic rings. The maximum Gasteiger partial charge on any atom is 0.236 e. The molecule has 3 N–H and O–H groups in total. The second-order valence-electron chi connectivity index (χ2n) is 5.32. The Bertz CT molecular complexity index is 645. The summed E-state index contributed by atoms with van der Waals surface area (Å²) in [6.45, 7) is 1.91. The molecule has 102 valence electrons. The summed E-state index contributed by atoms with van der Waals surface area (Å²) in [6, 6.07) is 13.2. The number of aryl methyl sites for hydroxylation is 1. The van der Waals surface area contributed by atoms with E-state index in [9.17, 15) is 4.79 Å². The van der Waals surface area contributed by atoms with Gasteiger partial charge in [0, 0.05) is 11.4 Å². The van der Waals surface area contributed by atoms with E-state index < -0.39 is 5.41 Å². The van der Waals surface area contributed by atoms with Crippen molar-refractivity contribution in [2.75, 3.05) is 11.1 Å². The number of carbonyl (C=O) groups excluding carboxylic acids is 1. The van der Waals surface area contributed by atoms with Crippen molar-refractivity contribution in [2.24, 2.45) is 0 Å². The van der Waals surface area contributed by atoms with Gasteiger partial charge in [-0.2, -0.15) is 0 Å². The van der Waals surface area contributed by atoms with Crippen LogP contribution in [0.2, 0.25) is 0 Å². The second-order valence-corrected chi connectivity index (χ2v) is 5.32. The third-order valence-corrected chi connectivity index (χ3v) is 3.78. The molecule has 0 saturated heterocycles. The van der Waals surface area contributed by atoms with Gasteiger partial charge in [-0.15, -0.1) is 0 Å². The fourth-order valence-corrected chi connectivity index (χ4v) is 2.42. The number of carbonyl (C=O) groups is 1. The van der Waals surface area contributed by atoms with Crippen molar-refractivity contribution < 1.29 is 4.79 Å². The minimum absolute atomic E-state index is 0.0142. The predicted molar refractivity (Wildman–Crippen MR) is 79.4 cm³/mol. The van der Waals surface area contributed by atoms with Crippen molar-refractivity contribution in [2.45, 2.75) is 25.2 Å². The summed E-state index contributed by atoms with van der Waals surface area (Å²) in [7, 11) is 0. The Balaban J connectivity index is 1.81. The lowest BCUT2D eigenvalue weighted by atomic mass is 9.95. The number of hydrogen-bond acceptors (Lipinski definition) is 3. The van der Waals surface area contributed by atoms with E-state index in [1.165, 1.54) is 0 Å². The summed E-state index contributed by atoms with van der Waals surface area (Å²) < 4.78 is 0. The molecule has 4 heteroatoms. The molecule has 1 aromatic carbocycles. The lowest BCUT2D eigenvalue weighted by Gasteiger charge is -2.15. The zero-order valence-corrected chi connectivity index (χ0v) is 11.4. The van der Waals surface area contributed by atoms with Gasteiger partial charge in [0.05, 0.1) is 5.41 Å². The molecule has 0 unspecified atom stereocenters. The fourth-order valence-electron chi connectivity index (χ4n) is 2.42. The van der Waals surface area contributed by atoms with Gasteiger partial charge in [-0.3, -0.25) is 4.79 Å². The van der Waals surface area contributed by atoms with Crippen LogP contribution in [0.5, 0.6) is 0 Å². The van der Waals surface area contributed by atoms with Crippen LogP contribution in [0.25, 0.3) is 0 Å². The van der Waals surface area contributed by atoms with E-state index >= 15 is 0 Å². The molecule has 0 bridgehead atoms. The number of nitrogens with two attached hydrogens (primary N) is 1. The predicted octanol–water partition coefficient (Wildman–Crippen LogP) is 2.64. The van der Waals surface area contributed by atoms with Crippen LogP contribution in [-0.2, 0) is 10.2 Å². The van der Waals surface area contributed by atoms with E-state index in [1.807, 2.05) is 49.4 Å². The Morgan fingerprint density at radius 3 is 2.50 bits per heavy atom. The molecule has 0 atom stereocenters. The van der Waals surface area contributed by atoms with Gasteiger partial charge in [0.15, 0.2) is 0 Å². The van der Waals surface area contributed by atoms with Gasteiger partial charge in [0.25, 0.3) is 0 Å². The molecule has 1 amide bonds. The summed E-state index contributed by atoms with van der Waals surface area (Å²) >= 11 is 0. The smallest absolute Gasteiger partial charge is 0.236 e. The number of pyridine rings is 1. The summed E-state index contributed by atoms with van der Waals surface area (Å²) in [5.74, 6) is 0.622. The standard InChI is InChI=1S/C16H17N3O/c1-11-3-2-4-14(18-11)19-15(20)16(9-10-16)12-5-7-13(17)8-6-12/h2-8H,9-10,17H2,1H3,(H,18,19,20). The van der Waals surface area contributed by atoms with Gasteiger partial charge in [0.1, 0.15) is 5.82 Å². The molecule has 1 fully saturated rings. The number of aromatic nitrogens is 1. The molecule has 0 spiro atoms. The quantitative estimate of drug-likeness (QED) is 0.840. The Labute approximate surface area is 118 Å². The zero-order chi connectivity index (χ0) is 14.2. The number of nitrogens with one attached hydrogen (secondary N) is 1. The summed E-state index contributed by atoms with van der Waals surface area (Å²) in [4.78, 5) is 16.8. The van der Waals surface area contributed by atoms with E-state index in [0.29, 0.717) is 11.5 Å². The van der Waals surface area contributed by atoms with Crippen LogP contribution in [0.15, 0.2) is 42.5 Å². The highest BCUT2D eigenvalue weighted by Gasteiger charge is 2.51. The van der Waals surface area contributed by atoms with Gasteiger partial charge in [0.2, 0.25) is 5.91 Å². The first-order chi connectivity index (χ1) is 9.60. The van der Waals surface area contributed by atoms with Crippen LogP contribution in [0.3, 0.4) is 0 Å². The first-order valence-corrected chi connectivity index (χ1v) is 6.71. The lowest BCUT2D eigenvalue weighted by Crippen LogP contribution is -2.28. The SMILES string of the molecule is Cc1cccc(NC(=O)C2(c3ccc(N)cc3)CC2)n1. The second kappa shape index (κ2) is 4.63. The van der Waals surface area contributed by atoms with Crippen LogP contribution in [0, 0.1) is 6.92 Å². The van der Waals surface area contributed by atoms with Gasteiger partial charge >= 0.3 is 0 Å². The molecular formula is C16H17N3O. The molecule has 4 nitrogen and oxygen atoms in total. The Morgan fingerprint density at radius 2 is 1.90 bits per heavy atom. The average molecular weight is 267 g/mol. The van der Waals surface area contributed by atoms with Crippen LogP contribution < -0.4 is 11.1 Å². The molecular weight excluding hydrogens is 250 g/mol. The summed E-state index contributed by atoms with van der Waals surface area (Å²) in [6.07, 6.45) is 1.74. The highest BCUT2D eigenvalue weighted by molar-refractivity contribution is 6.00. The van der Waals surface area contributed by atoms with Crippen LogP contribution >= 0.6 is 0 Å². The largest absolute Gasteiger partial charge is 0.399 e. The van der Waals surface area contributed by atoms with E-state index in [-0.39, 0.29) is 5.91 Å². The molecule has 0 radical (unpaired) electrons. The number of hydrogen-bond donors (Lipinski definition) is 2. The fraction of sp³-hybridized carbons (Fsp3) is 0.250. The number of amides is 1. The molecule has 1 aliphatic rings. The number of nitrogen functional groups attached to an aromatic ring is 1.